The lowest BCUT2D eigenvalue weighted by Crippen LogP contribution is -2.02. The van der Waals surface area contributed by atoms with E-state index in [1.54, 1.807) is 6.07 Å². The molecule has 0 aromatic heterocycles. The SMILES string of the molecule is COc1ccc(OCCCC(=O)O)cc1F. The lowest BCUT2D eigenvalue weighted by Gasteiger charge is -2.07. The van der Waals surface area contributed by atoms with Crippen molar-refractivity contribution in [2.75, 3.05) is 13.7 Å². The molecule has 0 aliphatic carbocycles. The summed E-state index contributed by atoms with van der Waals surface area (Å²) in [5.74, 6) is -0.857. The van der Waals surface area contributed by atoms with Gasteiger partial charge in [-0.15, -0.1) is 0 Å². The molecule has 1 rings (SSSR count). The summed E-state index contributed by atoms with van der Waals surface area (Å²) in [5.41, 5.74) is 0. The minimum absolute atomic E-state index is 0.0403. The van der Waals surface area contributed by atoms with Crippen molar-refractivity contribution in [3.05, 3.63) is 24.0 Å². The maximum atomic E-state index is 13.2. The maximum Gasteiger partial charge on any atom is 0.303 e. The van der Waals surface area contributed by atoms with Gasteiger partial charge in [0, 0.05) is 12.5 Å². The first-order valence-electron chi connectivity index (χ1n) is 4.81. The number of rotatable bonds is 6. The Morgan fingerprint density at radius 2 is 2.25 bits per heavy atom. The Hall–Kier alpha value is -1.78. The molecule has 0 unspecified atom stereocenters. The summed E-state index contributed by atoms with van der Waals surface area (Å²) in [6.07, 6.45) is 0.432. The van der Waals surface area contributed by atoms with Crippen molar-refractivity contribution in [1.29, 1.82) is 0 Å². The molecule has 0 saturated heterocycles. The van der Waals surface area contributed by atoms with E-state index in [-0.39, 0.29) is 18.8 Å². The second-order valence-electron chi connectivity index (χ2n) is 3.14. The fraction of sp³-hybridized carbons (Fsp3) is 0.364. The summed E-state index contributed by atoms with van der Waals surface area (Å²) in [6, 6.07) is 4.24. The fourth-order valence-electron chi connectivity index (χ4n) is 1.15. The van der Waals surface area contributed by atoms with Crippen molar-refractivity contribution < 1.29 is 23.8 Å². The van der Waals surface area contributed by atoms with Gasteiger partial charge in [0.2, 0.25) is 0 Å². The van der Waals surface area contributed by atoms with E-state index in [9.17, 15) is 9.18 Å². The van der Waals surface area contributed by atoms with Gasteiger partial charge in [0.25, 0.3) is 0 Å². The van der Waals surface area contributed by atoms with Crippen LogP contribution in [0, 0.1) is 5.82 Å². The molecule has 0 atom stereocenters. The Labute approximate surface area is 92.6 Å². The Morgan fingerprint density at radius 1 is 1.50 bits per heavy atom. The first-order chi connectivity index (χ1) is 7.63. The van der Waals surface area contributed by atoms with Crippen molar-refractivity contribution in [3.8, 4) is 11.5 Å². The number of carboxylic acids is 1. The van der Waals surface area contributed by atoms with Crippen LogP contribution in [0.1, 0.15) is 12.8 Å². The van der Waals surface area contributed by atoms with E-state index in [1.807, 2.05) is 0 Å². The van der Waals surface area contributed by atoms with Crippen molar-refractivity contribution in [2.24, 2.45) is 0 Å². The molecule has 0 bridgehead atoms. The van der Waals surface area contributed by atoms with Gasteiger partial charge in [-0.1, -0.05) is 0 Å². The van der Waals surface area contributed by atoms with Gasteiger partial charge >= 0.3 is 5.97 Å². The van der Waals surface area contributed by atoms with Crippen LogP contribution in [0.25, 0.3) is 0 Å². The number of halogens is 1. The molecule has 4 nitrogen and oxygen atoms in total. The zero-order chi connectivity index (χ0) is 12.0. The van der Waals surface area contributed by atoms with Crippen LogP contribution in [0.3, 0.4) is 0 Å². The smallest absolute Gasteiger partial charge is 0.303 e. The normalized spacial score (nSPS) is 9.88. The van der Waals surface area contributed by atoms with Gasteiger partial charge in [-0.3, -0.25) is 4.79 Å². The van der Waals surface area contributed by atoms with Crippen LogP contribution in [0.4, 0.5) is 4.39 Å². The molecule has 1 aromatic rings. The van der Waals surface area contributed by atoms with Gasteiger partial charge in [0.05, 0.1) is 13.7 Å². The number of methoxy groups -OCH3 is 1. The third-order valence-electron chi connectivity index (χ3n) is 1.93. The monoisotopic (exact) mass is 228 g/mol. The molecule has 16 heavy (non-hydrogen) atoms. The quantitative estimate of drug-likeness (QED) is 0.757. The van der Waals surface area contributed by atoms with E-state index < -0.39 is 11.8 Å². The lowest BCUT2D eigenvalue weighted by molar-refractivity contribution is -0.137. The third-order valence-corrected chi connectivity index (χ3v) is 1.93. The summed E-state index contributed by atoms with van der Waals surface area (Å²) < 4.78 is 23.1. The van der Waals surface area contributed by atoms with Crippen LogP contribution in [0.15, 0.2) is 18.2 Å². The molecule has 0 aliphatic heterocycles. The number of benzene rings is 1. The van der Waals surface area contributed by atoms with Gasteiger partial charge in [-0.25, -0.2) is 4.39 Å². The number of ether oxygens (including phenoxy) is 2. The van der Waals surface area contributed by atoms with Crippen molar-refractivity contribution >= 4 is 5.97 Å². The lowest BCUT2D eigenvalue weighted by atomic mass is 10.3. The molecule has 0 amide bonds. The Bertz CT molecular complexity index is 365. The van der Waals surface area contributed by atoms with E-state index in [0.717, 1.165) is 0 Å². The van der Waals surface area contributed by atoms with Gasteiger partial charge < -0.3 is 14.6 Å². The molecule has 0 saturated carbocycles. The highest BCUT2D eigenvalue weighted by atomic mass is 19.1. The summed E-state index contributed by atoms with van der Waals surface area (Å²) in [7, 11) is 1.38. The first kappa shape index (κ1) is 12.3. The molecule has 88 valence electrons. The standard InChI is InChI=1S/C11H13FO4/c1-15-10-5-4-8(7-9(10)12)16-6-2-3-11(13)14/h4-5,7H,2-3,6H2,1H3,(H,13,14). The largest absolute Gasteiger partial charge is 0.494 e. The van der Waals surface area contributed by atoms with E-state index in [2.05, 4.69) is 0 Å². The van der Waals surface area contributed by atoms with E-state index >= 15 is 0 Å². The molecule has 1 N–H and O–H groups in total. The predicted octanol–water partition coefficient (Wildman–Crippen LogP) is 2.08. The number of aliphatic carboxylic acids is 1. The van der Waals surface area contributed by atoms with Crippen LogP contribution in [-0.2, 0) is 4.79 Å². The topological polar surface area (TPSA) is 55.8 Å². The van der Waals surface area contributed by atoms with Crippen molar-refractivity contribution in [3.63, 3.8) is 0 Å². The zero-order valence-corrected chi connectivity index (χ0v) is 8.90. The van der Waals surface area contributed by atoms with Gasteiger partial charge in [-0.05, 0) is 18.6 Å². The highest BCUT2D eigenvalue weighted by molar-refractivity contribution is 5.66. The van der Waals surface area contributed by atoms with Gasteiger partial charge in [0.1, 0.15) is 5.75 Å². The second-order valence-corrected chi connectivity index (χ2v) is 3.14. The average Bonchev–Trinajstić information content (AvgIpc) is 2.24. The molecule has 0 spiro atoms. The van der Waals surface area contributed by atoms with E-state index in [0.29, 0.717) is 12.2 Å². The molecular weight excluding hydrogens is 215 g/mol. The predicted molar refractivity (Wildman–Crippen MR) is 55.3 cm³/mol. The Balaban J connectivity index is 2.43. The summed E-state index contributed by atoms with van der Waals surface area (Å²) in [6.45, 7) is 0.248. The first-order valence-corrected chi connectivity index (χ1v) is 4.81. The van der Waals surface area contributed by atoms with Crippen LogP contribution in [0.2, 0.25) is 0 Å². The Kier molecular flexibility index (Phi) is 4.57. The number of hydrogen-bond donors (Lipinski definition) is 1. The van der Waals surface area contributed by atoms with E-state index in [4.69, 9.17) is 14.6 Å². The molecule has 0 fully saturated rings. The summed E-state index contributed by atoms with van der Waals surface area (Å²) in [4.78, 5) is 10.2. The summed E-state index contributed by atoms with van der Waals surface area (Å²) in [5, 5.41) is 8.39. The molecule has 5 heteroatoms. The number of carbonyl (C=O) groups is 1. The molecule has 0 aliphatic rings. The summed E-state index contributed by atoms with van der Waals surface area (Å²) >= 11 is 0. The molecular formula is C11H13FO4. The highest BCUT2D eigenvalue weighted by Crippen LogP contribution is 2.22. The van der Waals surface area contributed by atoms with Crippen LogP contribution >= 0.6 is 0 Å². The van der Waals surface area contributed by atoms with Crippen LogP contribution in [0.5, 0.6) is 11.5 Å². The second kappa shape index (κ2) is 5.95. The van der Waals surface area contributed by atoms with Crippen molar-refractivity contribution in [1.82, 2.24) is 0 Å². The maximum absolute atomic E-state index is 13.2. The molecule has 0 heterocycles. The fourth-order valence-corrected chi connectivity index (χ4v) is 1.15. The van der Waals surface area contributed by atoms with Crippen molar-refractivity contribution in [2.45, 2.75) is 12.8 Å². The molecule has 0 radical (unpaired) electrons. The number of hydrogen-bond acceptors (Lipinski definition) is 3. The molecule has 1 aromatic carbocycles. The van der Waals surface area contributed by atoms with E-state index in [1.165, 1.54) is 19.2 Å². The van der Waals surface area contributed by atoms with Gasteiger partial charge in [0.15, 0.2) is 11.6 Å². The van der Waals surface area contributed by atoms with Crippen LogP contribution in [-0.4, -0.2) is 24.8 Å². The number of carboxylic acid groups (broad SMARTS) is 1. The van der Waals surface area contributed by atoms with Gasteiger partial charge in [-0.2, -0.15) is 0 Å². The average molecular weight is 228 g/mol. The third kappa shape index (κ3) is 3.76. The van der Waals surface area contributed by atoms with Crippen LogP contribution < -0.4 is 9.47 Å². The highest BCUT2D eigenvalue weighted by Gasteiger charge is 2.04. The Morgan fingerprint density at radius 3 is 2.81 bits per heavy atom. The minimum Gasteiger partial charge on any atom is -0.494 e. The minimum atomic E-state index is -0.871. The zero-order valence-electron chi connectivity index (χ0n) is 8.90.